The Hall–Kier alpha value is -1.56. The second kappa shape index (κ2) is 7.78. The first-order chi connectivity index (χ1) is 9.20. The predicted molar refractivity (Wildman–Crippen MR) is 86.7 cm³/mol. The van der Waals surface area contributed by atoms with Gasteiger partial charge in [-0.15, -0.1) is 0 Å². The quantitative estimate of drug-likeness (QED) is 0.624. The average Bonchev–Trinajstić information content (AvgIpc) is 2.49. The van der Waals surface area contributed by atoms with Gasteiger partial charge in [-0.05, 0) is 34.6 Å². The van der Waals surface area contributed by atoms with Gasteiger partial charge < -0.3 is 0 Å². The van der Waals surface area contributed by atoms with Crippen molar-refractivity contribution in [2.75, 3.05) is 0 Å². The van der Waals surface area contributed by atoms with Crippen LogP contribution in [0.4, 0.5) is 0 Å². The van der Waals surface area contributed by atoms with Gasteiger partial charge in [0.2, 0.25) is 0 Å². The minimum absolute atomic E-state index is 0.603. The standard InChI is InChI=1S/C17H20.C2H6/c1-4-14-5-7-16(8-6-14)17-11-9-15(10-12-17)13(2)3;1-2/h5-13H,4H2,1-3H3;1-2H3. The van der Waals surface area contributed by atoms with Crippen molar-refractivity contribution in [3.8, 4) is 11.1 Å². The Morgan fingerprint density at radius 3 is 1.53 bits per heavy atom. The van der Waals surface area contributed by atoms with Crippen LogP contribution in [-0.2, 0) is 6.42 Å². The van der Waals surface area contributed by atoms with Crippen molar-refractivity contribution in [3.63, 3.8) is 0 Å². The highest BCUT2D eigenvalue weighted by molar-refractivity contribution is 5.64. The smallest absolute Gasteiger partial charge is 0.0184 e. The first-order valence-electron chi connectivity index (χ1n) is 7.40. The minimum Gasteiger partial charge on any atom is -0.0683 e. The molecule has 0 unspecified atom stereocenters. The lowest BCUT2D eigenvalue weighted by molar-refractivity contribution is 0.867. The lowest BCUT2D eigenvalue weighted by Crippen LogP contribution is -1.87. The number of aryl methyl sites for hydroxylation is 1. The summed E-state index contributed by atoms with van der Waals surface area (Å²) in [4.78, 5) is 0. The highest BCUT2D eigenvalue weighted by Gasteiger charge is 2.00. The maximum absolute atomic E-state index is 2.23. The third-order valence-electron chi connectivity index (χ3n) is 3.27. The highest BCUT2D eigenvalue weighted by atomic mass is 14.1. The third-order valence-corrected chi connectivity index (χ3v) is 3.27. The second-order valence-electron chi connectivity index (χ2n) is 4.83. The topological polar surface area (TPSA) is 0 Å². The molecule has 0 radical (unpaired) electrons. The molecule has 0 heteroatoms. The van der Waals surface area contributed by atoms with Gasteiger partial charge in [-0.1, -0.05) is 83.1 Å². The maximum Gasteiger partial charge on any atom is -0.0184 e. The maximum atomic E-state index is 2.23. The van der Waals surface area contributed by atoms with Gasteiger partial charge in [0.05, 0.1) is 0 Å². The molecule has 2 aromatic carbocycles. The van der Waals surface area contributed by atoms with Crippen LogP contribution in [0.15, 0.2) is 48.5 Å². The third kappa shape index (κ3) is 4.24. The van der Waals surface area contributed by atoms with Crippen molar-refractivity contribution in [2.24, 2.45) is 0 Å². The fourth-order valence-electron chi connectivity index (χ4n) is 1.99. The van der Waals surface area contributed by atoms with Crippen LogP contribution in [0.5, 0.6) is 0 Å². The molecule has 0 aliphatic heterocycles. The van der Waals surface area contributed by atoms with Gasteiger partial charge in [0.25, 0.3) is 0 Å². The molecule has 0 nitrogen and oxygen atoms in total. The molecular weight excluding hydrogens is 228 g/mol. The Labute approximate surface area is 118 Å². The van der Waals surface area contributed by atoms with Crippen LogP contribution in [0.3, 0.4) is 0 Å². The fourth-order valence-corrected chi connectivity index (χ4v) is 1.99. The van der Waals surface area contributed by atoms with Crippen LogP contribution >= 0.6 is 0 Å². The van der Waals surface area contributed by atoms with Gasteiger partial charge >= 0.3 is 0 Å². The minimum atomic E-state index is 0.603. The van der Waals surface area contributed by atoms with E-state index in [0.717, 1.165) is 6.42 Å². The molecule has 0 bridgehead atoms. The Balaban J connectivity index is 0.000000861. The molecule has 0 N–H and O–H groups in total. The van der Waals surface area contributed by atoms with Crippen LogP contribution < -0.4 is 0 Å². The van der Waals surface area contributed by atoms with Crippen molar-refractivity contribution in [1.82, 2.24) is 0 Å². The van der Waals surface area contributed by atoms with E-state index in [4.69, 9.17) is 0 Å². The molecule has 0 spiro atoms. The van der Waals surface area contributed by atoms with Crippen LogP contribution in [0, 0.1) is 0 Å². The van der Waals surface area contributed by atoms with E-state index in [1.807, 2.05) is 13.8 Å². The van der Waals surface area contributed by atoms with Gasteiger partial charge in [0, 0.05) is 0 Å². The summed E-state index contributed by atoms with van der Waals surface area (Å²) >= 11 is 0. The molecule has 0 saturated heterocycles. The molecule has 0 atom stereocenters. The Kier molecular flexibility index (Phi) is 6.35. The molecule has 0 amide bonds. The van der Waals surface area contributed by atoms with E-state index in [0.29, 0.717) is 5.92 Å². The van der Waals surface area contributed by atoms with Crippen LogP contribution in [0.1, 0.15) is 51.7 Å². The largest absolute Gasteiger partial charge is 0.0683 e. The summed E-state index contributed by atoms with van der Waals surface area (Å²) in [7, 11) is 0. The SMILES string of the molecule is CC.CCc1ccc(-c2ccc(C(C)C)cc2)cc1. The second-order valence-corrected chi connectivity index (χ2v) is 4.83. The zero-order chi connectivity index (χ0) is 14.3. The van der Waals surface area contributed by atoms with Gasteiger partial charge in [0.1, 0.15) is 0 Å². The van der Waals surface area contributed by atoms with Crippen molar-refractivity contribution < 1.29 is 0 Å². The molecular formula is C19H26. The zero-order valence-corrected chi connectivity index (χ0v) is 12.9. The Morgan fingerprint density at radius 1 is 0.737 bits per heavy atom. The lowest BCUT2D eigenvalue weighted by atomic mass is 9.98. The average molecular weight is 254 g/mol. The summed E-state index contributed by atoms with van der Waals surface area (Å²) in [5.74, 6) is 0.603. The van der Waals surface area contributed by atoms with Crippen LogP contribution in [0.25, 0.3) is 11.1 Å². The first kappa shape index (κ1) is 15.5. The van der Waals surface area contributed by atoms with E-state index in [9.17, 15) is 0 Å². The summed E-state index contributed by atoms with van der Waals surface area (Å²) < 4.78 is 0. The van der Waals surface area contributed by atoms with Gasteiger partial charge in [-0.2, -0.15) is 0 Å². The Bertz CT molecular complexity index is 460. The molecule has 102 valence electrons. The number of hydrogen-bond acceptors (Lipinski definition) is 0. The number of hydrogen-bond donors (Lipinski definition) is 0. The zero-order valence-electron chi connectivity index (χ0n) is 12.9. The Morgan fingerprint density at radius 2 is 1.16 bits per heavy atom. The van der Waals surface area contributed by atoms with Crippen LogP contribution in [-0.4, -0.2) is 0 Å². The molecule has 19 heavy (non-hydrogen) atoms. The van der Waals surface area contributed by atoms with Gasteiger partial charge in [-0.25, -0.2) is 0 Å². The van der Waals surface area contributed by atoms with E-state index in [2.05, 4.69) is 69.3 Å². The van der Waals surface area contributed by atoms with E-state index >= 15 is 0 Å². The molecule has 0 aliphatic rings. The number of benzene rings is 2. The molecule has 2 rings (SSSR count). The summed E-state index contributed by atoms with van der Waals surface area (Å²) in [6.45, 7) is 10.6. The number of rotatable bonds is 3. The van der Waals surface area contributed by atoms with Crippen molar-refractivity contribution in [2.45, 2.75) is 47.0 Å². The van der Waals surface area contributed by atoms with E-state index in [1.54, 1.807) is 0 Å². The lowest BCUT2D eigenvalue weighted by Gasteiger charge is -2.07. The van der Waals surface area contributed by atoms with E-state index in [-0.39, 0.29) is 0 Å². The predicted octanol–water partition coefficient (Wildman–Crippen LogP) is 6.07. The summed E-state index contributed by atoms with van der Waals surface area (Å²) in [6, 6.07) is 17.7. The van der Waals surface area contributed by atoms with Crippen LogP contribution in [0.2, 0.25) is 0 Å². The normalized spacial score (nSPS) is 10.0. The molecule has 0 aromatic heterocycles. The highest BCUT2D eigenvalue weighted by Crippen LogP contribution is 2.23. The molecule has 2 aromatic rings. The van der Waals surface area contributed by atoms with E-state index < -0.39 is 0 Å². The molecule has 0 saturated carbocycles. The summed E-state index contributed by atoms with van der Waals surface area (Å²) in [6.07, 6.45) is 1.10. The van der Waals surface area contributed by atoms with E-state index in [1.165, 1.54) is 22.3 Å². The van der Waals surface area contributed by atoms with Gasteiger partial charge in [-0.3, -0.25) is 0 Å². The fraction of sp³-hybridized carbons (Fsp3) is 0.368. The molecule has 0 heterocycles. The van der Waals surface area contributed by atoms with Gasteiger partial charge in [0.15, 0.2) is 0 Å². The van der Waals surface area contributed by atoms with Crippen molar-refractivity contribution in [3.05, 3.63) is 59.7 Å². The monoisotopic (exact) mass is 254 g/mol. The summed E-state index contributed by atoms with van der Waals surface area (Å²) in [5.41, 5.74) is 5.40. The summed E-state index contributed by atoms with van der Waals surface area (Å²) in [5, 5.41) is 0. The first-order valence-corrected chi connectivity index (χ1v) is 7.40. The molecule has 0 fully saturated rings. The molecule has 0 aliphatic carbocycles. The van der Waals surface area contributed by atoms with Crippen molar-refractivity contribution in [1.29, 1.82) is 0 Å². The van der Waals surface area contributed by atoms with Crippen molar-refractivity contribution >= 4 is 0 Å².